The summed E-state index contributed by atoms with van der Waals surface area (Å²) in [5.41, 5.74) is 0. The lowest BCUT2D eigenvalue weighted by Gasteiger charge is -2.32. The van der Waals surface area contributed by atoms with Gasteiger partial charge in [0.05, 0.1) is 18.3 Å². The van der Waals surface area contributed by atoms with Crippen molar-refractivity contribution in [3.8, 4) is 0 Å². The third-order valence-corrected chi connectivity index (χ3v) is 3.70. The van der Waals surface area contributed by atoms with Gasteiger partial charge in [-0.05, 0) is 19.3 Å². The molecule has 1 rings (SSSR count). The van der Waals surface area contributed by atoms with Gasteiger partial charge in [-0.2, -0.15) is 0 Å². The van der Waals surface area contributed by atoms with E-state index >= 15 is 0 Å². The monoisotopic (exact) mass is 336 g/mol. The summed E-state index contributed by atoms with van der Waals surface area (Å²) in [6, 6.07) is 0. The van der Waals surface area contributed by atoms with Crippen LogP contribution in [0.5, 0.6) is 0 Å². The van der Waals surface area contributed by atoms with Gasteiger partial charge in [-0.25, -0.2) is 0 Å². The highest BCUT2D eigenvalue weighted by Crippen LogP contribution is 2.34. The van der Waals surface area contributed by atoms with Gasteiger partial charge in [-0.1, -0.05) is 31.4 Å². The molecule has 0 bridgehead atoms. The van der Waals surface area contributed by atoms with Crippen molar-refractivity contribution < 1.29 is 28.6 Å². The Bertz CT molecular complexity index is 496. The standard InChI is InChI=1S/C18H24O6/c1-4-7-16(19)24-13-8-9-14(17(20)22-10-5-2)15(12-13)18(21)23-11-6-3/h4-6,13-15H,1-3,7-12H2. The van der Waals surface area contributed by atoms with Gasteiger partial charge < -0.3 is 14.2 Å². The van der Waals surface area contributed by atoms with Crippen LogP contribution in [0.25, 0.3) is 0 Å². The molecular formula is C18H24O6. The second-order valence-electron chi connectivity index (χ2n) is 5.47. The highest BCUT2D eigenvalue weighted by Gasteiger charge is 2.42. The molecule has 6 nitrogen and oxygen atoms in total. The smallest absolute Gasteiger partial charge is 0.310 e. The average molecular weight is 336 g/mol. The molecule has 6 heteroatoms. The van der Waals surface area contributed by atoms with Crippen molar-refractivity contribution in [1.82, 2.24) is 0 Å². The Labute approximate surface area is 142 Å². The molecule has 0 spiro atoms. The van der Waals surface area contributed by atoms with Crippen LogP contribution in [-0.2, 0) is 28.6 Å². The van der Waals surface area contributed by atoms with Crippen molar-refractivity contribution in [2.75, 3.05) is 13.2 Å². The largest absolute Gasteiger partial charge is 0.462 e. The molecule has 0 saturated heterocycles. The Morgan fingerprint density at radius 1 is 0.875 bits per heavy atom. The second kappa shape index (κ2) is 10.4. The number of rotatable bonds is 9. The Morgan fingerprint density at radius 2 is 1.46 bits per heavy atom. The van der Waals surface area contributed by atoms with Crippen molar-refractivity contribution >= 4 is 17.9 Å². The molecule has 0 amide bonds. The van der Waals surface area contributed by atoms with Crippen LogP contribution in [0, 0.1) is 11.8 Å². The molecule has 0 radical (unpaired) electrons. The number of carbonyl (C=O) groups excluding carboxylic acids is 3. The van der Waals surface area contributed by atoms with Gasteiger partial charge >= 0.3 is 17.9 Å². The summed E-state index contributed by atoms with van der Waals surface area (Å²) in [5.74, 6) is -2.71. The minimum absolute atomic E-state index is 0.0602. The van der Waals surface area contributed by atoms with Gasteiger partial charge in [0.15, 0.2) is 0 Å². The van der Waals surface area contributed by atoms with Crippen molar-refractivity contribution in [2.45, 2.75) is 31.8 Å². The molecule has 1 aliphatic carbocycles. The SMILES string of the molecule is C=CCOC(=O)C1CCC(OC(=O)CC=C)CC1C(=O)OCC=C. The molecule has 0 aromatic rings. The van der Waals surface area contributed by atoms with Crippen molar-refractivity contribution in [1.29, 1.82) is 0 Å². The van der Waals surface area contributed by atoms with Crippen LogP contribution >= 0.6 is 0 Å². The Kier molecular flexibility index (Phi) is 8.54. The van der Waals surface area contributed by atoms with E-state index in [0.717, 1.165) is 0 Å². The van der Waals surface area contributed by atoms with E-state index in [0.29, 0.717) is 12.8 Å². The number of hydrogen-bond donors (Lipinski definition) is 0. The Morgan fingerprint density at radius 3 is 2.00 bits per heavy atom. The molecule has 0 heterocycles. The molecule has 1 aliphatic rings. The van der Waals surface area contributed by atoms with E-state index in [1.54, 1.807) is 0 Å². The average Bonchev–Trinajstić information content (AvgIpc) is 2.57. The molecule has 1 fully saturated rings. The van der Waals surface area contributed by atoms with Crippen LogP contribution in [0.3, 0.4) is 0 Å². The summed E-state index contributed by atoms with van der Waals surface area (Å²) in [4.78, 5) is 36.0. The van der Waals surface area contributed by atoms with Crippen LogP contribution in [0.1, 0.15) is 25.7 Å². The maximum absolute atomic E-state index is 12.2. The fourth-order valence-corrected chi connectivity index (χ4v) is 2.63. The zero-order chi connectivity index (χ0) is 17.9. The van der Waals surface area contributed by atoms with Gasteiger partial charge in [-0.3, -0.25) is 14.4 Å². The highest BCUT2D eigenvalue weighted by molar-refractivity contribution is 5.82. The zero-order valence-corrected chi connectivity index (χ0v) is 13.8. The lowest BCUT2D eigenvalue weighted by Crippen LogP contribution is -2.40. The summed E-state index contributed by atoms with van der Waals surface area (Å²) in [6.07, 6.45) is 5.15. The van der Waals surface area contributed by atoms with Crippen LogP contribution in [-0.4, -0.2) is 37.2 Å². The minimum atomic E-state index is -0.711. The van der Waals surface area contributed by atoms with E-state index in [4.69, 9.17) is 14.2 Å². The quantitative estimate of drug-likeness (QED) is 0.365. The summed E-state index contributed by atoms with van der Waals surface area (Å²) in [7, 11) is 0. The normalized spacial score (nSPS) is 22.8. The molecule has 0 aliphatic heterocycles. The summed E-state index contributed by atoms with van der Waals surface area (Å²) >= 11 is 0. The third-order valence-electron chi connectivity index (χ3n) is 3.70. The molecule has 24 heavy (non-hydrogen) atoms. The number of carbonyl (C=O) groups is 3. The van der Waals surface area contributed by atoms with Crippen LogP contribution < -0.4 is 0 Å². The highest BCUT2D eigenvalue weighted by atomic mass is 16.6. The van der Waals surface area contributed by atoms with Crippen LogP contribution in [0.15, 0.2) is 38.0 Å². The maximum Gasteiger partial charge on any atom is 0.310 e. The summed E-state index contributed by atoms with van der Waals surface area (Å²) < 4.78 is 15.5. The zero-order valence-electron chi connectivity index (χ0n) is 13.8. The van der Waals surface area contributed by atoms with Crippen molar-refractivity contribution in [2.24, 2.45) is 11.8 Å². The van der Waals surface area contributed by atoms with Gasteiger partial charge in [0, 0.05) is 0 Å². The molecule has 1 saturated carbocycles. The summed E-state index contributed by atoms with van der Waals surface area (Å²) in [6.45, 7) is 10.6. The third kappa shape index (κ3) is 6.02. The van der Waals surface area contributed by atoms with Crippen molar-refractivity contribution in [3.05, 3.63) is 38.0 Å². The molecule has 0 aromatic heterocycles. The van der Waals surface area contributed by atoms with Crippen molar-refractivity contribution in [3.63, 3.8) is 0 Å². The first-order valence-corrected chi connectivity index (χ1v) is 7.88. The molecular weight excluding hydrogens is 312 g/mol. The maximum atomic E-state index is 12.2. The first-order valence-electron chi connectivity index (χ1n) is 7.88. The molecule has 3 atom stereocenters. The van der Waals surface area contributed by atoms with E-state index in [1.807, 2.05) is 0 Å². The van der Waals surface area contributed by atoms with Gasteiger partial charge in [0.1, 0.15) is 19.3 Å². The van der Waals surface area contributed by atoms with E-state index in [-0.39, 0.29) is 26.1 Å². The second-order valence-corrected chi connectivity index (χ2v) is 5.47. The van der Waals surface area contributed by atoms with E-state index in [2.05, 4.69) is 19.7 Å². The Hall–Kier alpha value is -2.37. The number of hydrogen-bond acceptors (Lipinski definition) is 6. The first kappa shape index (κ1) is 19.7. The Balaban J connectivity index is 2.77. The molecule has 0 aromatic carbocycles. The topological polar surface area (TPSA) is 78.9 Å². The predicted octanol–water partition coefficient (Wildman–Crippen LogP) is 2.35. The predicted molar refractivity (Wildman–Crippen MR) is 87.8 cm³/mol. The molecule has 132 valence electrons. The minimum Gasteiger partial charge on any atom is -0.462 e. The van der Waals surface area contributed by atoms with E-state index in [1.165, 1.54) is 18.2 Å². The van der Waals surface area contributed by atoms with E-state index < -0.39 is 35.8 Å². The number of esters is 3. The fraction of sp³-hybridized carbons (Fsp3) is 0.500. The number of ether oxygens (including phenoxy) is 3. The van der Waals surface area contributed by atoms with Crippen LogP contribution in [0.4, 0.5) is 0 Å². The first-order chi connectivity index (χ1) is 11.5. The molecule has 0 N–H and O–H groups in total. The summed E-state index contributed by atoms with van der Waals surface area (Å²) in [5, 5.41) is 0. The lowest BCUT2D eigenvalue weighted by atomic mass is 9.77. The van der Waals surface area contributed by atoms with Crippen LogP contribution in [0.2, 0.25) is 0 Å². The van der Waals surface area contributed by atoms with Gasteiger partial charge in [0.2, 0.25) is 0 Å². The van der Waals surface area contributed by atoms with Gasteiger partial charge in [0.25, 0.3) is 0 Å². The molecule has 3 unspecified atom stereocenters. The lowest BCUT2D eigenvalue weighted by molar-refractivity contribution is -0.167. The fourth-order valence-electron chi connectivity index (χ4n) is 2.63. The van der Waals surface area contributed by atoms with Gasteiger partial charge in [-0.15, -0.1) is 6.58 Å². The van der Waals surface area contributed by atoms with E-state index in [9.17, 15) is 14.4 Å².